The molecular weight excluding hydrogens is 1040 g/mol. The number of carbonyl (C=O) groups excluding carboxylic acids is 11. The average molecular weight is 1090 g/mol. The van der Waals surface area contributed by atoms with Crippen molar-refractivity contribution in [3.63, 3.8) is 0 Å². The van der Waals surface area contributed by atoms with Crippen LogP contribution in [0.2, 0.25) is 0 Å². The van der Waals surface area contributed by atoms with Gasteiger partial charge >= 0.3 is 59.7 Å². The number of amides is 1. The molecule has 0 saturated carbocycles. The van der Waals surface area contributed by atoms with Gasteiger partial charge in [-0.1, -0.05) is 6.07 Å². The number of hydrogen-bond donors (Lipinski definition) is 0. The van der Waals surface area contributed by atoms with E-state index >= 15 is 0 Å². The van der Waals surface area contributed by atoms with E-state index in [9.17, 15) is 52.7 Å². The molecule has 1 aliphatic heterocycles. The van der Waals surface area contributed by atoms with E-state index in [2.05, 4.69) is 9.47 Å². The molecule has 4 rings (SSSR count). The Morgan fingerprint density at radius 1 is 0.526 bits per heavy atom. The third kappa shape index (κ3) is 19.4. The smallest absolute Gasteiger partial charge is 0.328 e. The molecule has 2 heterocycles. The van der Waals surface area contributed by atoms with E-state index in [1.807, 2.05) is 0 Å². The van der Waals surface area contributed by atoms with Crippen molar-refractivity contribution in [2.45, 2.75) is 48.5 Å². The molecule has 0 N–H and O–H groups in total. The Balaban J connectivity index is 1.76. The van der Waals surface area contributed by atoms with Gasteiger partial charge < -0.3 is 71.1 Å². The zero-order valence-corrected chi connectivity index (χ0v) is 42.8. The van der Waals surface area contributed by atoms with Crippen LogP contribution < -0.4 is 19.3 Å². The van der Waals surface area contributed by atoms with Crippen molar-refractivity contribution < 1.29 is 114 Å². The van der Waals surface area contributed by atoms with Crippen molar-refractivity contribution in [3.05, 3.63) is 53.4 Å². The monoisotopic (exact) mass is 1090 g/mol. The van der Waals surface area contributed by atoms with Crippen LogP contribution >= 0.6 is 12.2 Å². The number of aryl methyl sites for hydroxylation is 1. The fraction of sp³-hybridized carbons (Fsp3) is 0.404. The summed E-state index contributed by atoms with van der Waals surface area (Å²) in [6.45, 7) is 1.00. The Morgan fingerprint density at radius 3 is 1.37 bits per heavy atom. The lowest BCUT2D eigenvalue weighted by molar-refractivity contribution is -0.167. The van der Waals surface area contributed by atoms with Crippen molar-refractivity contribution in [1.82, 2.24) is 9.80 Å². The van der Waals surface area contributed by atoms with Crippen LogP contribution in [0.1, 0.15) is 52.9 Å². The quantitative estimate of drug-likeness (QED) is 0.0250. The summed E-state index contributed by atoms with van der Waals surface area (Å²) >= 11 is 5.45. The van der Waals surface area contributed by atoms with Gasteiger partial charge in [0.1, 0.15) is 67.9 Å². The van der Waals surface area contributed by atoms with Gasteiger partial charge in [-0.25, -0.2) is 4.90 Å². The maximum Gasteiger partial charge on any atom is 0.328 e. The second kappa shape index (κ2) is 29.0. The molecule has 410 valence electrons. The third-order valence-corrected chi connectivity index (χ3v) is 9.95. The normalized spacial score (nSPS) is 12.3. The summed E-state index contributed by atoms with van der Waals surface area (Å²) in [6, 6.07) is 9.01. The lowest BCUT2D eigenvalue weighted by atomic mass is 10.2. The average Bonchev–Trinajstić information content (AvgIpc) is 3.82. The van der Waals surface area contributed by atoms with Crippen LogP contribution in [0.4, 0.5) is 11.4 Å². The lowest BCUT2D eigenvalue weighted by Crippen LogP contribution is -2.37. The Bertz CT molecular complexity index is 2670. The van der Waals surface area contributed by atoms with Crippen LogP contribution in [0, 0.1) is 6.92 Å². The second-order valence-corrected chi connectivity index (χ2v) is 15.8. The van der Waals surface area contributed by atoms with Crippen molar-refractivity contribution in [1.29, 1.82) is 0 Å². The van der Waals surface area contributed by atoms with Gasteiger partial charge in [-0.2, -0.15) is 0 Å². The maximum absolute atomic E-state index is 13.7. The van der Waals surface area contributed by atoms with Gasteiger partial charge in [0, 0.05) is 59.1 Å². The molecular formula is C47H52N4O24S. The molecule has 1 amide bonds. The molecule has 76 heavy (non-hydrogen) atoms. The van der Waals surface area contributed by atoms with E-state index in [1.54, 1.807) is 19.1 Å². The fourth-order valence-corrected chi connectivity index (χ4v) is 6.48. The first-order valence-corrected chi connectivity index (χ1v) is 22.6. The Kier molecular flexibility index (Phi) is 22.7. The van der Waals surface area contributed by atoms with Crippen LogP contribution in [-0.2, 0) is 100 Å². The molecule has 1 fully saturated rings. The first-order chi connectivity index (χ1) is 36.0. The Morgan fingerprint density at radius 2 is 0.934 bits per heavy atom. The van der Waals surface area contributed by atoms with E-state index in [0.717, 1.165) is 56.2 Å². The van der Waals surface area contributed by atoms with Crippen molar-refractivity contribution >= 4 is 111 Å². The van der Waals surface area contributed by atoms with Gasteiger partial charge in [-0.3, -0.25) is 57.6 Å². The second-order valence-electron chi connectivity index (χ2n) is 15.5. The molecule has 1 aliphatic rings. The summed E-state index contributed by atoms with van der Waals surface area (Å²) in [5.74, 6) is -8.97. The van der Waals surface area contributed by atoms with E-state index < -0.39 is 132 Å². The third-order valence-electron chi connectivity index (χ3n) is 9.51. The van der Waals surface area contributed by atoms with Crippen LogP contribution in [-0.4, -0.2) is 161 Å². The van der Waals surface area contributed by atoms with Crippen molar-refractivity contribution in [3.8, 4) is 11.5 Å². The summed E-state index contributed by atoms with van der Waals surface area (Å²) in [5.41, 5.74) is 0.702. The standard InChI is InChI=1S/C47H52N4O24S/c1-27-8-9-36(48(17-42(58)71-23-67-30(4)54)18-43(59)72-24-68-31(5)55)40(12-27)63-10-11-64-41-14-34-13-35(15-38-46(62)51(22-66-29(3)53)47(76)50(38)21-65-28(2)52)75-39(34)16-37(41)49(19-44(60)73-25-69-32(6)56)20-45(61)74-26-70-33(7)57/h8-9,12-16H,10-11,17-26H2,1-7H3/b38-15+. The number of hydrogen-bond acceptors (Lipinski definition) is 27. The number of ether oxygens (including phenoxy) is 12. The predicted molar refractivity (Wildman–Crippen MR) is 256 cm³/mol. The minimum absolute atomic E-state index is 0.00456. The molecule has 0 radical (unpaired) electrons. The number of carbonyl (C=O) groups is 11. The van der Waals surface area contributed by atoms with Crippen molar-refractivity contribution in [2.24, 2.45) is 0 Å². The van der Waals surface area contributed by atoms with Crippen LogP contribution in [0.25, 0.3) is 17.0 Å². The maximum atomic E-state index is 13.7. The number of rotatable bonds is 28. The van der Waals surface area contributed by atoms with Crippen LogP contribution in [0.15, 0.2) is 46.5 Å². The zero-order valence-electron chi connectivity index (χ0n) is 42.0. The predicted octanol–water partition coefficient (Wildman–Crippen LogP) is 1.88. The minimum Gasteiger partial charge on any atom is -0.488 e. The number of anilines is 2. The minimum atomic E-state index is -1.02. The summed E-state index contributed by atoms with van der Waals surface area (Å²) < 4.78 is 67.5. The largest absolute Gasteiger partial charge is 0.488 e. The molecule has 28 nitrogen and oxygen atoms in total. The zero-order chi connectivity index (χ0) is 56.1. The molecule has 0 bridgehead atoms. The molecule has 2 aromatic carbocycles. The molecule has 1 saturated heterocycles. The molecule has 0 aliphatic carbocycles. The Labute approximate surface area is 437 Å². The van der Waals surface area contributed by atoms with Gasteiger partial charge in [0.2, 0.25) is 27.2 Å². The SMILES string of the molecule is CC(=O)OCOC(=O)CN(CC(=O)OCOC(C)=O)c1ccc(C)cc1OCCOc1cc2cc(/C=C3\C(=O)N(COC(C)=O)C(=S)N3COC(C)=O)oc2cc1N(CC(=O)OCOC(C)=O)CC(=O)OCOC(C)=O. The lowest BCUT2D eigenvalue weighted by Gasteiger charge is -2.26. The number of nitrogens with zero attached hydrogens (tertiary/aromatic N) is 4. The van der Waals surface area contributed by atoms with E-state index in [4.69, 9.17) is 64.0 Å². The fourth-order valence-electron chi connectivity index (χ4n) is 6.20. The van der Waals surface area contributed by atoms with Gasteiger partial charge in [0.05, 0.1) is 11.4 Å². The van der Waals surface area contributed by atoms with Gasteiger partial charge in [-0.05, 0) is 49.0 Å². The molecule has 3 aromatic rings. The Hall–Kier alpha value is -9.02. The van der Waals surface area contributed by atoms with Gasteiger partial charge in [0.15, 0.2) is 18.6 Å². The first kappa shape index (κ1) is 59.5. The molecule has 0 atom stereocenters. The highest BCUT2D eigenvalue weighted by Gasteiger charge is 2.39. The summed E-state index contributed by atoms with van der Waals surface area (Å²) in [6.07, 6.45) is 1.26. The molecule has 0 unspecified atom stereocenters. The summed E-state index contributed by atoms with van der Waals surface area (Å²) in [4.78, 5) is 139. The van der Waals surface area contributed by atoms with Gasteiger partial charge in [-0.15, -0.1) is 0 Å². The molecule has 29 heteroatoms. The van der Waals surface area contributed by atoms with Crippen molar-refractivity contribution in [2.75, 3.05) is 89.8 Å². The number of fused-ring (bicyclic) bond motifs is 1. The van der Waals surface area contributed by atoms with E-state index in [-0.39, 0.29) is 58.2 Å². The van der Waals surface area contributed by atoms with Gasteiger partial charge in [0.25, 0.3) is 5.91 Å². The van der Waals surface area contributed by atoms with E-state index in [0.29, 0.717) is 10.9 Å². The molecule has 0 spiro atoms. The first-order valence-electron chi connectivity index (χ1n) is 22.2. The summed E-state index contributed by atoms with van der Waals surface area (Å²) in [5, 5.41) is 0.130. The summed E-state index contributed by atoms with van der Waals surface area (Å²) in [7, 11) is 0. The molecule has 1 aromatic heterocycles. The van der Waals surface area contributed by atoms with E-state index in [1.165, 1.54) is 35.2 Å². The topological polar surface area (TPSA) is 325 Å². The number of furan rings is 1. The highest BCUT2D eigenvalue weighted by atomic mass is 32.1. The number of thiocarbonyl (C=S) groups is 1. The number of esters is 10. The highest BCUT2D eigenvalue weighted by molar-refractivity contribution is 7.80. The number of benzene rings is 2. The van der Waals surface area contributed by atoms with Crippen LogP contribution in [0.5, 0.6) is 11.5 Å². The highest BCUT2D eigenvalue weighted by Crippen LogP contribution is 2.37. The van der Waals surface area contributed by atoms with Crippen LogP contribution in [0.3, 0.4) is 0 Å².